The number of hydrogen-bond donors (Lipinski definition) is 2. The highest BCUT2D eigenvalue weighted by atomic mass is 35.5. The Morgan fingerprint density at radius 3 is 2.79 bits per heavy atom. The molecule has 0 aliphatic heterocycles. The van der Waals surface area contributed by atoms with Crippen LogP contribution in [0.1, 0.15) is 12.8 Å². The predicted octanol–water partition coefficient (Wildman–Crippen LogP) is 2.09. The van der Waals surface area contributed by atoms with E-state index >= 15 is 0 Å². The minimum atomic E-state index is -2.89. The van der Waals surface area contributed by atoms with Crippen LogP contribution in [0.25, 0.3) is 0 Å². The van der Waals surface area contributed by atoms with E-state index in [-0.39, 0.29) is 11.8 Å². The monoisotopic (exact) mass is 322 g/mol. The van der Waals surface area contributed by atoms with Crippen molar-refractivity contribution in [2.75, 3.05) is 17.8 Å². The Bertz CT molecular complexity index is 494. The molecule has 0 aromatic heterocycles. The van der Waals surface area contributed by atoms with Crippen LogP contribution in [0.3, 0.4) is 0 Å². The Balaban J connectivity index is 2.36. The van der Waals surface area contributed by atoms with E-state index in [1.54, 1.807) is 11.8 Å². The number of benzene rings is 1. The van der Waals surface area contributed by atoms with Gasteiger partial charge in [0.1, 0.15) is 9.84 Å². The summed E-state index contributed by atoms with van der Waals surface area (Å²) in [5, 5.41) is 0.708. The van der Waals surface area contributed by atoms with Crippen molar-refractivity contribution in [3.8, 4) is 0 Å². The average Bonchev–Trinajstić information content (AvgIpc) is 2.32. The van der Waals surface area contributed by atoms with Gasteiger partial charge in [-0.25, -0.2) is 8.42 Å². The number of thioether (sulfide) groups is 1. The first-order chi connectivity index (χ1) is 8.90. The standard InChI is InChI=1S/C12H19ClN2O2S2/c1-19(16,17)7-3-5-11(15-14)9-18-12-6-2-4-10(13)8-12/h2,4,6,8,11,15H,3,5,7,9,14H2,1H3. The lowest BCUT2D eigenvalue weighted by atomic mass is 10.2. The highest BCUT2D eigenvalue weighted by molar-refractivity contribution is 7.99. The van der Waals surface area contributed by atoms with E-state index in [0.29, 0.717) is 11.4 Å². The molecule has 0 spiro atoms. The third-order valence-electron chi connectivity index (χ3n) is 2.55. The van der Waals surface area contributed by atoms with Crippen molar-refractivity contribution in [1.29, 1.82) is 0 Å². The molecule has 0 saturated carbocycles. The molecule has 0 aliphatic rings. The molecule has 0 saturated heterocycles. The van der Waals surface area contributed by atoms with Gasteiger partial charge in [0.15, 0.2) is 0 Å². The molecule has 1 rings (SSSR count). The third-order valence-corrected chi connectivity index (χ3v) is 4.97. The first-order valence-electron chi connectivity index (χ1n) is 5.93. The zero-order valence-corrected chi connectivity index (χ0v) is 13.2. The van der Waals surface area contributed by atoms with Crippen molar-refractivity contribution in [3.63, 3.8) is 0 Å². The summed E-state index contributed by atoms with van der Waals surface area (Å²) in [5.74, 6) is 6.46. The van der Waals surface area contributed by atoms with Crippen LogP contribution in [0.15, 0.2) is 29.2 Å². The SMILES string of the molecule is CS(=O)(=O)CCCC(CSc1cccc(Cl)c1)NN. The van der Waals surface area contributed by atoms with Crippen LogP contribution in [0.5, 0.6) is 0 Å². The maximum absolute atomic E-state index is 11.0. The zero-order valence-electron chi connectivity index (χ0n) is 10.8. The van der Waals surface area contributed by atoms with Crippen LogP contribution in [0.4, 0.5) is 0 Å². The van der Waals surface area contributed by atoms with Gasteiger partial charge in [-0.3, -0.25) is 11.3 Å². The molecule has 0 amide bonds. The molecular formula is C12H19ClN2O2S2. The van der Waals surface area contributed by atoms with Crippen LogP contribution in [0.2, 0.25) is 5.02 Å². The molecule has 0 radical (unpaired) electrons. The topological polar surface area (TPSA) is 72.2 Å². The van der Waals surface area contributed by atoms with Gasteiger partial charge in [-0.15, -0.1) is 11.8 Å². The van der Waals surface area contributed by atoms with Crippen LogP contribution < -0.4 is 11.3 Å². The molecule has 108 valence electrons. The van der Waals surface area contributed by atoms with Crippen molar-refractivity contribution >= 4 is 33.2 Å². The van der Waals surface area contributed by atoms with E-state index in [4.69, 9.17) is 17.4 Å². The van der Waals surface area contributed by atoms with Crippen molar-refractivity contribution in [1.82, 2.24) is 5.43 Å². The van der Waals surface area contributed by atoms with Crippen molar-refractivity contribution in [2.24, 2.45) is 5.84 Å². The van der Waals surface area contributed by atoms with Crippen molar-refractivity contribution in [2.45, 2.75) is 23.8 Å². The lowest BCUT2D eigenvalue weighted by molar-refractivity contribution is 0.528. The molecule has 1 atom stereocenters. The fourth-order valence-corrected chi connectivity index (χ4v) is 3.55. The van der Waals surface area contributed by atoms with Gasteiger partial charge in [-0.1, -0.05) is 17.7 Å². The predicted molar refractivity (Wildman–Crippen MR) is 82.2 cm³/mol. The van der Waals surface area contributed by atoms with E-state index in [1.165, 1.54) is 6.26 Å². The van der Waals surface area contributed by atoms with Gasteiger partial charge in [0.25, 0.3) is 0 Å². The summed E-state index contributed by atoms with van der Waals surface area (Å²) in [5.41, 5.74) is 2.72. The Morgan fingerprint density at radius 1 is 1.47 bits per heavy atom. The molecule has 19 heavy (non-hydrogen) atoms. The van der Waals surface area contributed by atoms with E-state index in [9.17, 15) is 8.42 Å². The van der Waals surface area contributed by atoms with Crippen molar-refractivity contribution in [3.05, 3.63) is 29.3 Å². The number of halogens is 1. The lowest BCUT2D eigenvalue weighted by Gasteiger charge is -2.15. The van der Waals surface area contributed by atoms with Crippen LogP contribution in [-0.4, -0.2) is 32.2 Å². The average molecular weight is 323 g/mol. The first-order valence-corrected chi connectivity index (χ1v) is 9.35. The van der Waals surface area contributed by atoms with E-state index in [2.05, 4.69) is 5.43 Å². The maximum Gasteiger partial charge on any atom is 0.147 e. The minimum Gasteiger partial charge on any atom is -0.271 e. The number of hydrazine groups is 1. The quantitative estimate of drug-likeness (QED) is 0.435. The summed E-state index contributed by atoms with van der Waals surface area (Å²) in [7, 11) is -2.89. The highest BCUT2D eigenvalue weighted by Crippen LogP contribution is 2.22. The van der Waals surface area contributed by atoms with Crippen LogP contribution in [0, 0.1) is 0 Å². The Kier molecular flexibility index (Phi) is 7.17. The highest BCUT2D eigenvalue weighted by Gasteiger charge is 2.09. The first kappa shape index (κ1) is 16.8. The number of nitrogens with two attached hydrogens (primary N) is 1. The van der Waals surface area contributed by atoms with Gasteiger partial charge >= 0.3 is 0 Å². The van der Waals surface area contributed by atoms with Gasteiger partial charge in [0, 0.05) is 33.7 Å². The lowest BCUT2D eigenvalue weighted by Crippen LogP contribution is -2.37. The molecular weight excluding hydrogens is 304 g/mol. The summed E-state index contributed by atoms with van der Waals surface area (Å²) >= 11 is 7.56. The largest absolute Gasteiger partial charge is 0.271 e. The normalized spacial score (nSPS) is 13.4. The number of nitrogens with one attached hydrogen (secondary N) is 1. The smallest absolute Gasteiger partial charge is 0.147 e. The van der Waals surface area contributed by atoms with Crippen LogP contribution in [-0.2, 0) is 9.84 Å². The number of hydrogen-bond acceptors (Lipinski definition) is 5. The second-order valence-electron chi connectivity index (χ2n) is 4.40. The third kappa shape index (κ3) is 7.79. The molecule has 0 bridgehead atoms. The number of rotatable bonds is 8. The summed E-state index contributed by atoms with van der Waals surface area (Å²) in [6.45, 7) is 0. The fourth-order valence-electron chi connectivity index (χ4n) is 1.56. The maximum atomic E-state index is 11.0. The number of sulfone groups is 1. The summed E-state index contributed by atoms with van der Waals surface area (Å²) in [6, 6.07) is 7.71. The summed E-state index contributed by atoms with van der Waals surface area (Å²) in [6.07, 6.45) is 2.60. The van der Waals surface area contributed by atoms with Crippen LogP contribution >= 0.6 is 23.4 Å². The fraction of sp³-hybridized carbons (Fsp3) is 0.500. The molecule has 1 aromatic carbocycles. The molecule has 0 heterocycles. The molecule has 7 heteroatoms. The minimum absolute atomic E-state index is 0.0886. The van der Waals surface area contributed by atoms with Crippen molar-refractivity contribution < 1.29 is 8.42 Å². The summed E-state index contributed by atoms with van der Waals surface area (Å²) < 4.78 is 22.1. The molecule has 4 nitrogen and oxygen atoms in total. The molecule has 1 unspecified atom stereocenters. The molecule has 0 aliphatic carbocycles. The van der Waals surface area contributed by atoms with Gasteiger partial charge in [-0.05, 0) is 31.0 Å². The van der Waals surface area contributed by atoms with E-state index in [1.807, 2.05) is 24.3 Å². The molecule has 0 fully saturated rings. The van der Waals surface area contributed by atoms with Gasteiger partial charge < -0.3 is 0 Å². The van der Waals surface area contributed by atoms with Gasteiger partial charge in [0.2, 0.25) is 0 Å². The summed E-state index contributed by atoms with van der Waals surface area (Å²) in [4.78, 5) is 1.08. The second kappa shape index (κ2) is 8.11. The zero-order chi connectivity index (χ0) is 14.3. The van der Waals surface area contributed by atoms with Gasteiger partial charge in [0.05, 0.1) is 0 Å². The van der Waals surface area contributed by atoms with Gasteiger partial charge in [-0.2, -0.15) is 0 Å². The van der Waals surface area contributed by atoms with E-state index < -0.39 is 9.84 Å². The Hall–Kier alpha value is -0.270. The second-order valence-corrected chi connectivity index (χ2v) is 8.19. The Labute approximate surface area is 124 Å². The van der Waals surface area contributed by atoms with E-state index in [0.717, 1.165) is 17.1 Å². The molecule has 1 aromatic rings. The molecule has 3 N–H and O–H groups in total. The Morgan fingerprint density at radius 2 is 2.21 bits per heavy atom.